The number of nitrogens with one attached hydrogen (secondary N) is 1. The molecule has 1 heterocycles. The molecular formula is C14H9F5N2O. The fraction of sp³-hybridized carbons (Fsp3) is 0.143. The molecule has 1 aromatic carbocycles. The number of benzene rings is 1. The summed E-state index contributed by atoms with van der Waals surface area (Å²) in [6.07, 6.45) is -3.93. The van der Waals surface area contributed by atoms with Gasteiger partial charge in [-0.2, -0.15) is 13.2 Å². The van der Waals surface area contributed by atoms with Gasteiger partial charge < -0.3 is 5.32 Å². The first-order chi connectivity index (χ1) is 10.3. The van der Waals surface area contributed by atoms with E-state index >= 15 is 0 Å². The maximum Gasteiger partial charge on any atom is 0.416 e. The lowest BCUT2D eigenvalue weighted by Gasteiger charge is -2.13. The molecule has 0 aliphatic carbocycles. The average molecular weight is 316 g/mol. The summed E-state index contributed by atoms with van der Waals surface area (Å²) < 4.78 is 64.0. The summed E-state index contributed by atoms with van der Waals surface area (Å²) in [4.78, 5) is 15.2. The van der Waals surface area contributed by atoms with Gasteiger partial charge in [-0.05, 0) is 29.8 Å². The molecule has 0 atom stereocenters. The highest BCUT2D eigenvalue weighted by Crippen LogP contribution is 2.32. The maximum absolute atomic E-state index is 12.9. The fourth-order valence-corrected chi connectivity index (χ4v) is 1.74. The van der Waals surface area contributed by atoms with Crippen molar-refractivity contribution in [3.8, 4) is 0 Å². The predicted molar refractivity (Wildman–Crippen MR) is 66.8 cm³/mol. The molecule has 0 saturated heterocycles. The second kappa shape index (κ2) is 6.08. The Kier molecular flexibility index (Phi) is 4.39. The molecule has 0 fully saturated rings. The summed E-state index contributed by atoms with van der Waals surface area (Å²) in [7, 11) is 0. The number of carbonyl (C=O) groups is 1. The second-order valence-electron chi connectivity index (χ2n) is 4.34. The Balaban J connectivity index is 2.15. The van der Waals surface area contributed by atoms with E-state index in [0.717, 1.165) is 30.5 Å². The van der Waals surface area contributed by atoms with Gasteiger partial charge in [0.1, 0.15) is 17.3 Å². The van der Waals surface area contributed by atoms with Crippen LogP contribution in [0.1, 0.15) is 21.6 Å². The van der Waals surface area contributed by atoms with Crippen LogP contribution >= 0.6 is 0 Å². The van der Waals surface area contributed by atoms with Crippen LogP contribution in [0.4, 0.5) is 22.0 Å². The van der Waals surface area contributed by atoms with Crippen LogP contribution < -0.4 is 5.32 Å². The number of carbonyl (C=O) groups excluding carboxylic acids is 1. The number of nitrogens with zero attached hydrogens (tertiary/aromatic N) is 1. The van der Waals surface area contributed by atoms with Crippen LogP contribution in [0.15, 0.2) is 36.5 Å². The minimum absolute atomic E-state index is 0.142. The number of alkyl halides is 3. The molecule has 2 aromatic rings. The van der Waals surface area contributed by atoms with Crippen molar-refractivity contribution in [3.05, 3.63) is 65.0 Å². The molecule has 0 unspecified atom stereocenters. The van der Waals surface area contributed by atoms with Gasteiger partial charge in [0.25, 0.3) is 5.91 Å². The van der Waals surface area contributed by atoms with Crippen LogP contribution in [0.3, 0.4) is 0 Å². The Morgan fingerprint density at radius 2 is 1.77 bits per heavy atom. The summed E-state index contributed by atoms with van der Waals surface area (Å²) in [6.45, 7) is -0.465. The van der Waals surface area contributed by atoms with Crippen LogP contribution in [-0.4, -0.2) is 10.9 Å². The number of pyridine rings is 1. The quantitative estimate of drug-likeness (QED) is 0.883. The Morgan fingerprint density at radius 1 is 1.09 bits per heavy atom. The van der Waals surface area contributed by atoms with E-state index < -0.39 is 35.8 Å². The minimum atomic E-state index is -4.74. The third kappa shape index (κ3) is 3.78. The Bertz CT molecular complexity index is 683. The lowest BCUT2D eigenvalue weighted by atomic mass is 10.1. The van der Waals surface area contributed by atoms with Crippen molar-refractivity contribution in [3.63, 3.8) is 0 Å². The lowest BCUT2D eigenvalue weighted by Crippen LogP contribution is -2.25. The zero-order chi connectivity index (χ0) is 16.3. The van der Waals surface area contributed by atoms with Crippen LogP contribution in [0.25, 0.3) is 0 Å². The standard InChI is InChI=1S/C14H9F5N2O/c15-9-2-1-8(11(5-9)14(17,18)19)6-21-13(22)12-4-3-10(16)7-20-12/h1-5,7H,6H2,(H,21,22). The molecule has 22 heavy (non-hydrogen) atoms. The monoisotopic (exact) mass is 316 g/mol. The highest BCUT2D eigenvalue weighted by atomic mass is 19.4. The molecule has 0 saturated carbocycles. The molecule has 116 valence electrons. The van der Waals surface area contributed by atoms with E-state index in [9.17, 15) is 26.7 Å². The molecule has 1 N–H and O–H groups in total. The van der Waals surface area contributed by atoms with E-state index in [2.05, 4.69) is 10.3 Å². The van der Waals surface area contributed by atoms with Crippen molar-refractivity contribution in [2.75, 3.05) is 0 Å². The van der Waals surface area contributed by atoms with Gasteiger partial charge in [-0.25, -0.2) is 13.8 Å². The SMILES string of the molecule is O=C(NCc1ccc(F)cc1C(F)(F)F)c1ccc(F)cn1. The van der Waals surface area contributed by atoms with E-state index in [0.29, 0.717) is 6.07 Å². The van der Waals surface area contributed by atoms with Crippen molar-refractivity contribution in [1.29, 1.82) is 0 Å². The third-order valence-electron chi connectivity index (χ3n) is 2.78. The number of aromatic nitrogens is 1. The van der Waals surface area contributed by atoms with E-state index in [-0.39, 0.29) is 11.3 Å². The van der Waals surface area contributed by atoms with Crippen molar-refractivity contribution in [2.24, 2.45) is 0 Å². The van der Waals surface area contributed by atoms with Crippen molar-refractivity contribution >= 4 is 5.91 Å². The second-order valence-corrected chi connectivity index (χ2v) is 4.34. The molecule has 0 spiro atoms. The van der Waals surface area contributed by atoms with E-state index in [1.165, 1.54) is 0 Å². The van der Waals surface area contributed by atoms with Gasteiger partial charge in [0, 0.05) is 6.54 Å². The van der Waals surface area contributed by atoms with Gasteiger partial charge in [-0.1, -0.05) is 6.07 Å². The van der Waals surface area contributed by atoms with Gasteiger partial charge in [-0.15, -0.1) is 0 Å². The van der Waals surface area contributed by atoms with Gasteiger partial charge in [0.05, 0.1) is 11.8 Å². The molecule has 1 amide bonds. The summed E-state index contributed by atoms with van der Waals surface area (Å²) in [5.74, 6) is -2.44. The van der Waals surface area contributed by atoms with Crippen LogP contribution in [0.2, 0.25) is 0 Å². The summed E-state index contributed by atoms with van der Waals surface area (Å²) in [5.41, 5.74) is -1.60. The summed E-state index contributed by atoms with van der Waals surface area (Å²) in [5, 5.41) is 2.22. The number of rotatable bonds is 3. The molecule has 2 rings (SSSR count). The van der Waals surface area contributed by atoms with E-state index in [4.69, 9.17) is 0 Å². The average Bonchev–Trinajstić information content (AvgIpc) is 2.45. The van der Waals surface area contributed by atoms with E-state index in [1.54, 1.807) is 0 Å². The molecule has 0 bridgehead atoms. The highest BCUT2D eigenvalue weighted by Gasteiger charge is 2.33. The maximum atomic E-state index is 12.9. The van der Waals surface area contributed by atoms with Gasteiger partial charge >= 0.3 is 6.18 Å². The first-order valence-electron chi connectivity index (χ1n) is 6.03. The smallest absolute Gasteiger partial charge is 0.347 e. The van der Waals surface area contributed by atoms with Crippen molar-refractivity contribution in [1.82, 2.24) is 10.3 Å². The number of hydrogen-bond donors (Lipinski definition) is 1. The van der Waals surface area contributed by atoms with Crippen LogP contribution in [0, 0.1) is 11.6 Å². The predicted octanol–water partition coefficient (Wildman–Crippen LogP) is 3.31. The zero-order valence-corrected chi connectivity index (χ0v) is 10.9. The molecule has 0 aliphatic heterocycles. The van der Waals surface area contributed by atoms with Crippen molar-refractivity contribution < 1.29 is 26.7 Å². The van der Waals surface area contributed by atoms with Crippen LogP contribution in [-0.2, 0) is 12.7 Å². The Labute approximate surface area is 121 Å². The summed E-state index contributed by atoms with van der Waals surface area (Å²) in [6, 6.07) is 4.27. The van der Waals surface area contributed by atoms with Crippen LogP contribution in [0.5, 0.6) is 0 Å². The number of halogens is 5. The Morgan fingerprint density at radius 3 is 2.36 bits per heavy atom. The van der Waals surface area contributed by atoms with Gasteiger partial charge in [-0.3, -0.25) is 4.79 Å². The molecule has 1 aromatic heterocycles. The molecule has 3 nitrogen and oxygen atoms in total. The summed E-state index contributed by atoms with van der Waals surface area (Å²) >= 11 is 0. The van der Waals surface area contributed by atoms with Gasteiger partial charge in [0.15, 0.2) is 0 Å². The molecule has 0 radical (unpaired) electrons. The fourth-order valence-electron chi connectivity index (χ4n) is 1.74. The minimum Gasteiger partial charge on any atom is -0.347 e. The largest absolute Gasteiger partial charge is 0.416 e. The topological polar surface area (TPSA) is 42.0 Å². The number of hydrogen-bond acceptors (Lipinski definition) is 2. The first-order valence-corrected chi connectivity index (χ1v) is 6.03. The highest BCUT2D eigenvalue weighted by molar-refractivity contribution is 5.92. The molecule has 0 aliphatic rings. The zero-order valence-electron chi connectivity index (χ0n) is 10.9. The molecular weight excluding hydrogens is 307 g/mol. The molecule has 8 heteroatoms. The normalized spacial score (nSPS) is 11.3. The third-order valence-corrected chi connectivity index (χ3v) is 2.78. The number of amides is 1. The first kappa shape index (κ1) is 15.9. The van der Waals surface area contributed by atoms with E-state index in [1.807, 2.05) is 0 Å². The van der Waals surface area contributed by atoms with Gasteiger partial charge in [0.2, 0.25) is 0 Å². The lowest BCUT2D eigenvalue weighted by molar-refractivity contribution is -0.138. The Hall–Kier alpha value is -2.51. The van der Waals surface area contributed by atoms with Crippen molar-refractivity contribution in [2.45, 2.75) is 12.7 Å².